The molecule has 1 N–H and O–H groups in total. The molecule has 5 nitrogen and oxygen atoms in total. The van der Waals surface area contributed by atoms with E-state index >= 15 is 0 Å². The molecule has 0 saturated carbocycles. The smallest absolute Gasteiger partial charge is 0.354 e. The third-order valence-corrected chi connectivity index (χ3v) is 3.91. The first kappa shape index (κ1) is 13.5. The Labute approximate surface area is 124 Å². The molecule has 3 heterocycles. The standard InChI is InChI=1S/C15H12N2O3S/c1-15(14(18)19,20-12-5-3-9-21-12)11-7-6-10-4-2-8-16-13(10)17-11/h2-9H,1H3,(H,18,19). The maximum Gasteiger partial charge on any atom is 0.354 e. The van der Waals surface area contributed by atoms with Gasteiger partial charge in [0.25, 0.3) is 0 Å². The molecule has 0 aromatic carbocycles. The molecule has 0 aliphatic heterocycles. The third-order valence-electron chi connectivity index (χ3n) is 3.16. The average Bonchev–Trinajstić information content (AvgIpc) is 2.99. The monoisotopic (exact) mass is 300 g/mol. The lowest BCUT2D eigenvalue weighted by Gasteiger charge is -2.24. The van der Waals surface area contributed by atoms with Crippen molar-refractivity contribution in [2.75, 3.05) is 0 Å². The van der Waals surface area contributed by atoms with Crippen LogP contribution in [0.3, 0.4) is 0 Å². The number of aliphatic carboxylic acids is 1. The van der Waals surface area contributed by atoms with Crippen molar-refractivity contribution < 1.29 is 14.6 Å². The summed E-state index contributed by atoms with van der Waals surface area (Å²) in [6.45, 7) is 1.49. The summed E-state index contributed by atoms with van der Waals surface area (Å²) < 4.78 is 5.67. The lowest BCUT2D eigenvalue weighted by Crippen LogP contribution is -2.39. The SMILES string of the molecule is CC(Oc1cccs1)(C(=O)O)c1ccc2cccnc2n1. The van der Waals surface area contributed by atoms with Gasteiger partial charge < -0.3 is 9.84 Å². The number of ether oxygens (including phenoxy) is 1. The van der Waals surface area contributed by atoms with Crippen molar-refractivity contribution in [3.05, 3.63) is 53.7 Å². The van der Waals surface area contributed by atoms with Gasteiger partial charge in [-0.25, -0.2) is 14.8 Å². The first-order chi connectivity index (χ1) is 10.1. The normalized spacial score (nSPS) is 13.8. The Balaban J connectivity index is 2.08. The topological polar surface area (TPSA) is 72.3 Å². The van der Waals surface area contributed by atoms with Gasteiger partial charge in [-0.3, -0.25) is 0 Å². The Kier molecular flexibility index (Phi) is 3.31. The minimum absolute atomic E-state index is 0.314. The molecular weight excluding hydrogens is 288 g/mol. The molecule has 0 bridgehead atoms. The molecule has 21 heavy (non-hydrogen) atoms. The minimum atomic E-state index is -1.56. The Morgan fingerprint density at radius 3 is 2.86 bits per heavy atom. The second-order valence-corrected chi connectivity index (χ2v) is 5.53. The van der Waals surface area contributed by atoms with Crippen molar-refractivity contribution in [1.29, 1.82) is 0 Å². The van der Waals surface area contributed by atoms with Gasteiger partial charge in [-0.15, -0.1) is 11.3 Å². The van der Waals surface area contributed by atoms with Crippen LogP contribution < -0.4 is 4.74 Å². The van der Waals surface area contributed by atoms with Gasteiger partial charge in [-0.1, -0.05) is 0 Å². The van der Waals surface area contributed by atoms with Gasteiger partial charge in [-0.05, 0) is 48.7 Å². The van der Waals surface area contributed by atoms with Crippen molar-refractivity contribution in [2.24, 2.45) is 0 Å². The van der Waals surface area contributed by atoms with Crippen LogP contribution in [0.15, 0.2) is 48.0 Å². The van der Waals surface area contributed by atoms with E-state index in [4.69, 9.17) is 4.74 Å². The fourth-order valence-electron chi connectivity index (χ4n) is 1.95. The Bertz CT molecular complexity index is 788. The number of hydrogen-bond acceptors (Lipinski definition) is 5. The van der Waals surface area contributed by atoms with Gasteiger partial charge in [0.1, 0.15) is 0 Å². The summed E-state index contributed by atoms with van der Waals surface area (Å²) in [6.07, 6.45) is 1.62. The molecule has 0 amide bonds. The van der Waals surface area contributed by atoms with Crippen LogP contribution in [0.1, 0.15) is 12.6 Å². The van der Waals surface area contributed by atoms with Gasteiger partial charge in [0.2, 0.25) is 5.60 Å². The van der Waals surface area contributed by atoms with Crippen molar-refractivity contribution >= 4 is 28.3 Å². The van der Waals surface area contributed by atoms with Crippen LogP contribution in [0.4, 0.5) is 0 Å². The number of carboxylic acids is 1. The highest BCUT2D eigenvalue weighted by molar-refractivity contribution is 7.11. The van der Waals surface area contributed by atoms with Crippen molar-refractivity contribution in [1.82, 2.24) is 9.97 Å². The zero-order valence-corrected chi connectivity index (χ0v) is 12.0. The predicted molar refractivity (Wildman–Crippen MR) is 79.5 cm³/mol. The molecule has 0 radical (unpaired) electrons. The van der Waals surface area contributed by atoms with E-state index in [-0.39, 0.29) is 0 Å². The summed E-state index contributed by atoms with van der Waals surface area (Å²) in [6, 6.07) is 10.7. The van der Waals surface area contributed by atoms with Crippen LogP contribution in [-0.4, -0.2) is 21.0 Å². The van der Waals surface area contributed by atoms with Crippen molar-refractivity contribution in [3.63, 3.8) is 0 Å². The predicted octanol–water partition coefficient (Wildman–Crippen LogP) is 3.07. The highest BCUT2D eigenvalue weighted by Gasteiger charge is 2.40. The number of pyridine rings is 2. The number of carboxylic acid groups (broad SMARTS) is 1. The Morgan fingerprint density at radius 1 is 1.29 bits per heavy atom. The molecule has 0 spiro atoms. The Hall–Kier alpha value is -2.47. The maximum atomic E-state index is 11.7. The van der Waals surface area contributed by atoms with Crippen LogP contribution in [0.5, 0.6) is 5.06 Å². The number of thiophene rings is 1. The third kappa shape index (κ3) is 2.45. The second-order valence-electron chi connectivity index (χ2n) is 4.62. The van der Waals surface area contributed by atoms with Crippen molar-refractivity contribution in [2.45, 2.75) is 12.5 Å². The van der Waals surface area contributed by atoms with E-state index in [1.165, 1.54) is 18.3 Å². The van der Waals surface area contributed by atoms with Crippen LogP contribution in [-0.2, 0) is 10.4 Å². The van der Waals surface area contributed by atoms with Crippen LogP contribution in [0.2, 0.25) is 0 Å². The first-order valence-corrected chi connectivity index (χ1v) is 7.16. The molecule has 0 fully saturated rings. The van der Waals surface area contributed by atoms with E-state index in [9.17, 15) is 9.90 Å². The number of fused-ring (bicyclic) bond motifs is 1. The molecule has 3 aromatic rings. The summed E-state index contributed by atoms with van der Waals surface area (Å²) in [4.78, 5) is 20.2. The number of hydrogen-bond donors (Lipinski definition) is 1. The largest absolute Gasteiger partial charge is 0.478 e. The van der Waals surface area contributed by atoms with Gasteiger partial charge in [0.15, 0.2) is 10.7 Å². The summed E-state index contributed by atoms with van der Waals surface area (Å²) in [5.41, 5.74) is -0.747. The van der Waals surface area contributed by atoms with Crippen LogP contribution in [0.25, 0.3) is 11.0 Å². The molecule has 0 saturated heterocycles. The van der Waals surface area contributed by atoms with Crippen molar-refractivity contribution in [3.8, 4) is 5.06 Å². The summed E-state index contributed by atoms with van der Waals surface area (Å²) >= 11 is 1.34. The van der Waals surface area contributed by atoms with E-state index in [0.717, 1.165) is 5.39 Å². The van der Waals surface area contributed by atoms with Gasteiger partial charge in [0, 0.05) is 11.6 Å². The quantitative estimate of drug-likeness (QED) is 0.801. The second kappa shape index (κ2) is 5.14. The van der Waals surface area contributed by atoms with Gasteiger partial charge in [0.05, 0.1) is 5.69 Å². The zero-order valence-electron chi connectivity index (χ0n) is 11.2. The average molecular weight is 300 g/mol. The fourth-order valence-corrected chi connectivity index (χ4v) is 2.61. The highest BCUT2D eigenvalue weighted by Crippen LogP contribution is 2.31. The van der Waals surface area contributed by atoms with E-state index in [1.54, 1.807) is 30.5 Å². The molecule has 0 aliphatic carbocycles. The lowest BCUT2D eigenvalue weighted by atomic mass is 10.0. The molecule has 1 atom stereocenters. The number of rotatable bonds is 4. The van der Waals surface area contributed by atoms with Crippen LogP contribution >= 0.6 is 11.3 Å². The summed E-state index contributed by atoms with van der Waals surface area (Å²) in [5, 5.41) is 12.8. The molecule has 3 rings (SSSR count). The summed E-state index contributed by atoms with van der Waals surface area (Å²) in [7, 11) is 0. The van der Waals surface area contributed by atoms with Crippen LogP contribution in [0, 0.1) is 0 Å². The number of aromatic nitrogens is 2. The van der Waals surface area contributed by atoms with E-state index in [0.29, 0.717) is 16.4 Å². The lowest BCUT2D eigenvalue weighted by molar-refractivity contribution is -0.154. The molecule has 0 aliphatic rings. The minimum Gasteiger partial charge on any atom is -0.478 e. The Morgan fingerprint density at radius 2 is 2.14 bits per heavy atom. The first-order valence-electron chi connectivity index (χ1n) is 6.28. The highest BCUT2D eigenvalue weighted by atomic mass is 32.1. The van der Waals surface area contributed by atoms with E-state index in [2.05, 4.69) is 9.97 Å². The van der Waals surface area contributed by atoms with Gasteiger partial charge >= 0.3 is 5.97 Å². The maximum absolute atomic E-state index is 11.7. The number of carbonyl (C=O) groups is 1. The zero-order chi connectivity index (χ0) is 14.9. The fraction of sp³-hybridized carbons (Fsp3) is 0.133. The van der Waals surface area contributed by atoms with E-state index in [1.807, 2.05) is 17.5 Å². The van der Waals surface area contributed by atoms with Gasteiger partial charge in [-0.2, -0.15) is 0 Å². The molecule has 1 unspecified atom stereocenters. The summed E-state index contributed by atoms with van der Waals surface area (Å²) in [5.74, 6) is -1.10. The molecule has 6 heteroatoms. The molecule has 3 aromatic heterocycles. The van der Waals surface area contributed by atoms with E-state index < -0.39 is 11.6 Å². The molecule has 106 valence electrons. The number of nitrogens with zero attached hydrogens (tertiary/aromatic N) is 2. The molecular formula is C15H12N2O3S.